The van der Waals surface area contributed by atoms with Gasteiger partial charge < -0.3 is 28.6 Å². The van der Waals surface area contributed by atoms with Crippen LogP contribution < -0.4 is 28.6 Å². The Labute approximate surface area is 217 Å². The first-order chi connectivity index (χ1) is 17.7. The van der Waals surface area contributed by atoms with Crippen LogP contribution in [0.4, 0.5) is 14.7 Å². The van der Waals surface area contributed by atoms with Gasteiger partial charge in [-0.2, -0.15) is 4.98 Å². The number of anilines is 1. The van der Waals surface area contributed by atoms with Gasteiger partial charge in [0.1, 0.15) is 23.0 Å². The molecular formula is C25H27B2F2N3O5. The fraction of sp³-hybridized carbons (Fsp3) is 0.360. The average Bonchev–Trinajstić information content (AvgIpc) is 2.92. The van der Waals surface area contributed by atoms with Crippen molar-refractivity contribution < 1.29 is 32.5 Å². The van der Waals surface area contributed by atoms with Crippen molar-refractivity contribution in [1.82, 2.24) is 9.97 Å². The van der Waals surface area contributed by atoms with E-state index in [2.05, 4.69) is 9.97 Å². The molecule has 0 saturated carbocycles. The van der Waals surface area contributed by atoms with Gasteiger partial charge in [-0.25, -0.2) is 13.8 Å². The Morgan fingerprint density at radius 2 is 1.32 bits per heavy atom. The minimum Gasteiger partial charge on any atom is -0.497 e. The van der Waals surface area contributed by atoms with E-state index < -0.39 is 11.6 Å². The first-order valence-electron chi connectivity index (χ1n) is 11.1. The molecule has 8 nitrogen and oxygen atoms in total. The second-order valence-electron chi connectivity index (χ2n) is 8.04. The average molecular weight is 509 g/mol. The first kappa shape index (κ1) is 27.9. The van der Waals surface area contributed by atoms with Crippen molar-refractivity contribution in [3.8, 4) is 28.9 Å². The highest BCUT2D eigenvalue weighted by atomic mass is 19.3. The van der Waals surface area contributed by atoms with Gasteiger partial charge in [-0.15, -0.1) is 0 Å². The van der Waals surface area contributed by atoms with E-state index >= 15 is 0 Å². The monoisotopic (exact) mass is 509 g/mol. The lowest BCUT2D eigenvalue weighted by Crippen LogP contribution is -2.36. The third-order valence-corrected chi connectivity index (χ3v) is 5.76. The van der Waals surface area contributed by atoms with Crippen molar-refractivity contribution in [2.45, 2.75) is 24.7 Å². The topological polar surface area (TPSA) is 75.2 Å². The van der Waals surface area contributed by atoms with Gasteiger partial charge >= 0.3 is 0 Å². The highest BCUT2D eigenvalue weighted by molar-refractivity contribution is 6.40. The van der Waals surface area contributed by atoms with E-state index in [1.165, 1.54) is 7.11 Å². The molecule has 0 amide bonds. The molecule has 192 valence electrons. The Kier molecular flexibility index (Phi) is 9.07. The van der Waals surface area contributed by atoms with Crippen LogP contribution in [0.3, 0.4) is 0 Å². The standard InChI is InChI=1S/C25H27B2F2N3O5/c1-33-17-8-6-15(20(10-17)35-3)13-32(14-16-7-9-18(34-2)11-21(16)36-4)24-30-12-19(22(31-24)37-5)25(26,27)23(28)29/h6-12,23H,13-14H2,1-5H3. The lowest BCUT2D eigenvalue weighted by atomic mass is 9.51. The highest BCUT2D eigenvalue weighted by Crippen LogP contribution is 2.34. The van der Waals surface area contributed by atoms with E-state index in [-0.39, 0.29) is 30.5 Å². The second-order valence-corrected chi connectivity index (χ2v) is 8.04. The third kappa shape index (κ3) is 6.18. The number of rotatable bonds is 12. The molecule has 0 aliphatic rings. The van der Waals surface area contributed by atoms with E-state index in [4.69, 9.17) is 39.4 Å². The minimum absolute atomic E-state index is 0.163. The number of hydrogen-bond donors (Lipinski definition) is 0. The van der Waals surface area contributed by atoms with Crippen LogP contribution in [-0.4, -0.2) is 67.6 Å². The fourth-order valence-electron chi connectivity index (χ4n) is 3.65. The molecule has 4 radical (unpaired) electrons. The van der Waals surface area contributed by atoms with E-state index in [0.717, 1.165) is 17.3 Å². The second kappa shape index (κ2) is 12.0. The maximum absolute atomic E-state index is 13.5. The van der Waals surface area contributed by atoms with Crippen LogP contribution >= 0.6 is 0 Å². The number of alkyl halides is 2. The summed E-state index contributed by atoms with van der Waals surface area (Å²) in [5.41, 5.74) is 1.36. The summed E-state index contributed by atoms with van der Waals surface area (Å²) in [5.74, 6) is 2.43. The van der Waals surface area contributed by atoms with Gasteiger partial charge in [0, 0.05) is 48.1 Å². The van der Waals surface area contributed by atoms with Crippen molar-refractivity contribution in [1.29, 1.82) is 0 Å². The van der Waals surface area contributed by atoms with Gasteiger partial charge in [0.15, 0.2) is 0 Å². The third-order valence-electron chi connectivity index (χ3n) is 5.76. The number of nitrogens with zero attached hydrogens (tertiary/aromatic N) is 3. The zero-order valence-electron chi connectivity index (χ0n) is 21.3. The number of benzene rings is 2. The summed E-state index contributed by atoms with van der Waals surface area (Å²) in [5, 5.41) is -2.49. The number of hydrogen-bond acceptors (Lipinski definition) is 8. The summed E-state index contributed by atoms with van der Waals surface area (Å²) in [6.07, 6.45) is -1.92. The predicted octanol–water partition coefficient (Wildman–Crippen LogP) is 3.48. The smallest absolute Gasteiger partial charge is 0.233 e. The van der Waals surface area contributed by atoms with Crippen LogP contribution in [0.1, 0.15) is 16.7 Å². The van der Waals surface area contributed by atoms with Crippen LogP contribution in [0.25, 0.3) is 0 Å². The fourth-order valence-corrected chi connectivity index (χ4v) is 3.65. The number of aromatic nitrogens is 2. The minimum atomic E-state index is -3.07. The van der Waals surface area contributed by atoms with Gasteiger partial charge in [0.05, 0.1) is 51.2 Å². The Hall–Kier alpha value is -3.69. The largest absolute Gasteiger partial charge is 0.497 e. The molecule has 0 aliphatic heterocycles. The Balaban J connectivity index is 2.10. The van der Waals surface area contributed by atoms with Crippen molar-refractivity contribution in [3.05, 3.63) is 59.3 Å². The van der Waals surface area contributed by atoms with Crippen LogP contribution in [-0.2, 0) is 18.3 Å². The van der Waals surface area contributed by atoms with Gasteiger partial charge in [-0.1, -0.05) is 0 Å². The van der Waals surface area contributed by atoms with Gasteiger partial charge in [-0.05, 0) is 29.5 Å². The number of ether oxygens (including phenoxy) is 5. The maximum Gasteiger partial charge on any atom is 0.233 e. The molecule has 3 rings (SSSR count). The van der Waals surface area contributed by atoms with Gasteiger partial charge in [0.2, 0.25) is 18.3 Å². The van der Waals surface area contributed by atoms with E-state index in [1.54, 1.807) is 57.6 Å². The number of methoxy groups -OCH3 is 5. The van der Waals surface area contributed by atoms with Crippen molar-refractivity contribution in [2.75, 3.05) is 40.4 Å². The molecule has 3 aromatic rings. The molecule has 1 heterocycles. The van der Waals surface area contributed by atoms with E-state index in [0.29, 0.717) is 23.0 Å². The summed E-state index contributed by atoms with van der Waals surface area (Å²) in [6.45, 7) is 0.548. The maximum atomic E-state index is 13.5. The lowest BCUT2D eigenvalue weighted by Gasteiger charge is -2.29. The summed E-state index contributed by atoms with van der Waals surface area (Å²) < 4.78 is 54.0. The van der Waals surface area contributed by atoms with Crippen molar-refractivity contribution >= 4 is 21.6 Å². The zero-order valence-corrected chi connectivity index (χ0v) is 21.3. The molecule has 1 aromatic heterocycles. The summed E-state index contributed by atoms with van der Waals surface area (Å²) in [7, 11) is 18.8. The molecule has 0 unspecified atom stereocenters. The van der Waals surface area contributed by atoms with Gasteiger partial charge in [0.25, 0.3) is 0 Å². The van der Waals surface area contributed by atoms with Crippen LogP contribution in [0.5, 0.6) is 28.9 Å². The Morgan fingerprint density at radius 3 is 1.73 bits per heavy atom. The number of halogens is 2. The van der Waals surface area contributed by atoms with Crippen molar-refractivity contribution in [2.24, 2.45) is 0 Å². The Morgan fingerprint density at radius 1 is 0.811 bits per heavy atom. The molecule has 37 heavy (non-hydrogen) atoms. The molecule has 0 spiro atoms. The molecular weight excluding hydrogens is 482 g/mol. The molecule has 0 bridgehead atoms. The predicted molar refractivity (Wildman–Crippen MR) is 137 cm³/mol. The SMILES string of the molecule is [B]C([B])(c1cnc(N(Cc2ccc(OC)cc2OC)Cc2ccc(OC)cc2OC)nc1OC)C(F)F. The molecule has 0 atom stereocenters. The molecule has 12 heteroatoms. The Bertz CT molecular complexity index is 1160. The van der Waals surface area contributed by atoms with E-state index in [9.17, 15) is 8.78 Å². The summed E-state index contributed by atoms with van der Waals surface area (Å²) in [6, 6.07) is 10.8. The normalized spacial score (nSPS) is 11.2. The first-order valence-corrected chi connectivity index (χ1v) is 11.1. The van der Waals surface area contributed by atoms with Crippen LogP contribution in [0, 0.1) is 0 Å². The van der Waals surface area contributed by atoms with Crippen LogP contribution in [0.15, 0.2) is 42.6 Å². The zero-order chi connectivity index (χ0) is 27.2. The molecule has 0 saturated heterocycles. The van der Waals surface area contributed by atoms with Crippen LogP contribution in [0.2, 0.25) is 0 Å². The van der Waals surface area contributed by atoms with E-state index in [1.807, 2.05) is 12.1 Å². The highest BCUT2D eigenvalue weighted by Gasteiger charge is 2.34. The summed E-state index contributed by atoms with van der Waals surface area (Å²) in [4.78, 5) is 10.5. The van der Waals surface area contributed by atoms with Gasteiger partial charge in [-0.3, -0.25) is 0 Å². The molecule has 0 aliphatic carbocycles. The lowest BCUT2D eigenvalue weighted by molar-refractivity contribution is 0.125. The quantitative estimate of drug-likeness (QED) is 0.344. The van der Waals surface area contributed by atoms with Crippen molar-refractivity contribution in [3.63, 3.8) is 0 Å². The molecule has 0 N–H and O–H groups in total. The molecule has 2 aromatic carbocycles. The summed E-state index contributed by atoms with van der Waals surface area (Å²) >= 11 is 0. The molecule has 0 fully saturated rings.